The Morgan fingerprint density at radius 1 is 1.07 bits per heavy atom. The number of pyridine rings is 1. The summed E-state index contributed by atoms with van der Waals surface area (Å²) in [5.74, 6) is -1.43. The summed E-state index contributed by atoms with van der Waals surface area (Å²) in [6.07, 6.45) is 0.126. The molecule has 8 nitrogen and oxygen atoms in total. The van der Waals surface area contributed by atoms with Crippen molar-refractivity contribution in [1.29, 1.82) is 10.5 Å². The van der Waals surface area contributed by atoms with Gasteiger partial charge < -0.3 is 21.3 Å². The summed E-state index contributed by atoms with van der Waals surface area (Å²) in [5.41, 5.74) is 9.80. The minimum absolute atomic E-state index is 0.0542. The number of nitrogen functional groups attached to an aromatic ring is 1. The number of benzene rings is 2. The number of aliphatic hydroxyl groups is 2. The number of anilines is 3. The third-order valence-electron chi connectivity index (χ3n) is 5.52. The number of hydrogen-bond donors (Lipinski definition) is 4. The molecule has 4 rings (SSSR count). The first kappa shape index (κ1) is 30.5. The molecule has 1 unspecified atom stereocenters. The van der Waals surface area contributed by atoms with E-state index in [4.69, 9.17) is 15.9 Å². The molecular formula is C28H26F2N6O2S2. The van der Waals surface area contributed by atoms with Gasteiger partial charge in [0.2, 0.25) is 0 Å². The Labute approximate surface area is 238 Å². The van der Waals surface area contributed by atoms with E-state index in [1.165, 1.54) is 29.2 Å². The molecular weight excluding hydrogens is 554 g/mol. The molecule has 4 aromatic rings. The van der Waals surface area contributed by atoms with E-state index < -0.39 is 17.7 Å². The number of thioether (sulfide) groups is 1. The van der Waals surface area contributed by atoms with E-state index in [0.717, 1.165) is 17.7 Å². The van der Waals surface area contributed by atoms with Crippen LogP contribution in [-0.2, 0) is 5.75 Å². The largest absolute Gasteiger partial charge is 0.394 e. The topological polar surface area (TPSA) is 152 Å². The Morgan fingerprint density at radius 2 is 1.77 bits per heavy atom. The minimum atomic E-state index is -0.949. The van der Waals surface area contributed by atoms with Crippen LogP contribution in [0.15, 0.2) is 52.9 Å². The molecule has 40 heavy (non-hydrogen) atoms. The molecule has 0 saturated carbocycles. The first-order valence-corrected chi connectivity index (χ1v) is 13.9. The van der Waals surface area contributed by atoms with Gasteiger partial charge in [0.05, 0.1) is 24.0 Å². The molecule has 12 heteroatoms. The van der Waals surface area contributed by atoms with Gasteiger partial charge in [0.15, 0.2) is 16.8 Å². The number of nitrogens with zero attached hydrogens (tertiary/aromatic N) is 4. The molecule has 0 aliphatic carbocycles. The van der Waals surface area contributed by atoms with Crippen molar-refractivity contribution in [3.8, 4) is 23.3 Å². The predicted octanol–water partition coefficient (Wildman–Crippen LogP) is 5.90. The molecule has 0 amide bonds. The van der Waals surface area contributed by atoms with Crippen molar-refractivity contribution in [3.63, 3.8) is 0 Å². The summed E-state index contributed by atoms with van der Waals surface area (Å²) in [4.78, 5) is 8.76. The summed E-state index contributed by atoms with van der Waals surface area (Å²) >= 11 is 2.58. The molecule has 2 heterocycles. The van der Waals surface area contributed by atoms with Crippen molar-refractivity contribution in [2.75, 3.05) is 17.7 Å². The Balaban J connectivity index is 0.000000663. The maximum atomic E-state index is 13.4. The van der Waals surface area contributed by atoms with E-state index in [-0.39, 0.29) is 23.6 Å². The molecule has 5 N–H and O–H groups in total. The van der Waals surface area contributed by atoms with E-state index in [1.807, 2.05) is 43.5 Å². The van der Waals surface area contributed by atoms with Crippen molar-refractivity contribution in [2.24, 2.45) is 0 Å². The molecule has 0 aliphatic heterocycles. The van der Waals surface area contributed by atoms with Crippen LogP contribution < -0.4 is 11.1 Å². The number of aliphatic hydroxyl groups excluding tert-OH is 2. The lowest BCUT2D eigenvalue weighted by molar-refractivity contribution is 0.0923. The van der Waals surface area contributed by atoms with Crippen LogP contribution in [0.2, 0.25) is 0 Å². The fourth-order valence-corrected chi connectivity index (χ4v) is 5.03. The number of thiazole rings is 1. The highest BCUT2D eigenvalue weighted by Crippen LogP contribution is 2.37. The number of aromatic nitrogens is 2. The average Bonchev–Trinajstić information content (AvgIpc) is 3.41. The fourth-order valence-electron chi connectivity index (χ4n) is 3.31. The van der Waals surface area contributed by atoms with Crippen molar-refractivity contribution in [1.82, 2.24) is 9.97 Å². The third kappa shape index (κ3) is 7.74. The zero-order chi connectivity index (χ0) is 29.2. The van der Waals surface area contributed by atoms with Crippen LogP contribution in [0.4, 0.5) is 25.4 Å². The minimum Gasteiger partial charge on any atom is -0.394 e. The molecule has 0 saturated heterocycles. The normalized spacial score (nSPS) is 11.1. The molecule has 0 spiro atoms. The van der Waals surface area contributed by atoms with E-state index in [0.29, 0.717) is 44.8 Å². The van der Waals surface area contributed by atoms with Crippen LogP contribution in [-0.4, -0.2) is 32.9 Å². The number of aryl methyl sites for hydroxylation is 1. The smallest absolute Gasteiger partial charge is 0.187 e. The monoisotopic (exact) mass is 580 g/mol. The first-order chi connectivity index (χ1) is 19.2. The van der Waals surface area contributed by atoms with Gasteiger partial charge in [-0.15, -0.1) is 11.3 Å². The number of halogens is 2. The molecule has 2 aromatic heterocycles. The summed E-state index contributed by atoms with van der Waals surface area (Å²) in [6.45, 7) is 3.66. The highest BCUT2D eigenvalue weighted by Gasteiger charge is 2.21. The van der Waals surface area contributed by atoms with Gasteiger partial charge >= 0.3 is 0 Å². The van der Waals surface area contributed by atoms with E-state index in [9.17, 15) is 19.3 Å². The maximum absolute atomic E-state index is 13.4. The second-order valence-corrected chi connectivity index (χ2v) is 10.3. The standard InChI is InChI=1S/C24H16F2N6S2.C4H10O2/c1-13-2-4-14(5-3-13)21-17(9-27)22(29)32-23(18(21)10-28)33-11-16-12-34-24(31-16)30-15-6-7-19(25)20(26)8-15;1-2-4(6)3-5/h2-8,12H,11H2,1H3,(H2,29,32)(H,30,31);4-6H,2-3H2,1H3. The van der Waals surface area contributed by atoms with Gasteiger partial charge in [-0.3, -0.25) is 0 Å². The number of nitrogens with one attached hydrogen (secondary N) is 1. The highest BCUT2D eigenvalue weighted by molar-refractivity contribution is 7.98. The zero-order valence-electron chi connectivity index (χ0n) is 21.7. The molecule has 0 aliphatic rings. The molecule has 0 radical (unpaired) electrons. The molecule has 2 aromatic carbocycles. The van der Waals surface area contributed by atoms with Gasteiger partial charge in [-0.05, 0) is 31.0 Å². The summed E-state index contributed by atoms with van der Waals surface area (Å²) in [6, 6.07) is 15.3. The van der Waals surface area contributed by atoms with Gasteiger partial charge in [0.25, 0.3) is 0 Å². The molecule has 0 bridgehead atoms. The summed E-state index contributed by atoms with van der Waals surface area (Å²) < 4.78 is 26.6. The lowest BCUT2D eigenvalue weighted by Crippen LogP contribution is -2.08. The van der Waals surface area contributed by atoms with Gasteiger partial charge in [-0.1, -0.05) is 48.5 Å². The Kier molecular flexibility index (Phi) is 10.9. The number of nitrogens with two attached hydrogens (primary N) is 1. The second kappa shape index (κ2) is 14.4. The maximum Gasteiger partial charge on any atom is 0.187 e. The number of nitriles is 2. The Bertz CT molecular complexity index is 1540. The third-order valence-corrected chi connectivity index (χ3v) is 7.33. The van der Waals surface area contributed by atoms with Crippen molar-refractivity contribution in [3.05, 3.63) is 81.9 Å². The summed E-state index contributed by atoms with van der Waals surface area (Å²) in [7, 11) is 0. The van der Waals surface area contributed by atoms with Crippen molar-refractivity contribution in [2.45, 2.75) is 37.2 Å². The van der Waals surface area contributed by atoms with Crippen molar-refractivity contribution < 1.29 is 19.0 Å². The van der Waals surface area contributed by atoms with E-state index in [2.05, 4.69) is 27.4 Å². The van der Waals surface area contributed by atoms with Crippen LogP contribution >= 0.6 is 23.1 Å². The first-order valence-electron chi connectivity index (χ1n) is 12.0. The Morgan fingerprint density at radius 3 is 2.35 bits per heavy atom. The van der Waals surface area contributed by atoms with Crippen LogP contribution in [0.25, 0.3) is 11.1 Å². The average molecular weight is 581 g/mol. The van der Waals surface area contributed by atoms with E-state index in [1.54, 1.807) is 0 Å². The van der Waals surface area contributed by atoms with Crippen LogP contribution in [0.3, 0.4) is 0 Å². The van der Waals surface area contributed by atoms with Gasteiger partial charge in [0.1, 0.15) is 28.5 Å². The van der Waals surface area contributed by atoms with Gasteiger partial charge in [-0.25, -0.2) is 18.7 Å². The zero-order valence-corrected chi connectivity index (χ0v) is 23.3. The molecule has 206 valence electrons. The highest BCUT2D eigenvalue weighted by atomic mass is 32.2. The molecule has 0 fully saturated rings. The van der Waals surface area contributed by atoms with Crippen LogP contribution in [0.5, 0.6) is 0 Å². The Hall–Kier alpha value is -4.07. The van der Waals surface area contributed by atoms with Crippen LogP contribution in [0, 0.1) is 41.2 Å². The molecule has 1 atom stereocenters. The number of rotatable bonds is 8. The second-order valence-electron chi connectivity index (χ2n) is 8.45. The predicted molar refractivity (Wildman–Crippen MR) is 153 cm³/mol. The lowest BCUT2D eigenvalue weighted by atomic mass is 9.96. The van der Waals surface area contributed by atoms with Crippen LogP contribution in [0.1, 0.15) is 35.7 Å². The van der Waals surface area contributed by atoms with E-state index >= 15 is 0 Å². The fraction of sp³-hybridized carbons (Fsp3) is 0.214. The number of hydrogen-bond acceptors (Lipinski definition) is 10. The SMILES string of the molecule is CCC(O)CO.Cc1ccc(-c2c(C#N)c(N)nc(SCc3csc(Nc4ccc(F)c(F)c4)n3)c2C#N)cc1. The summed E-state index contributed by atoms with van der Waals surface area (Å²) in [5, 5.41) is 41.7. The van der Waals surface area contributed by atoms with Gasteiger partial charge in [-0.2, -0.15) is 10.5 Å². The quantitative estimate of drug-likeness (QED) is 0.187. The van der Waals surface area contributed by atoms with Crippen molar-refractivity contribution >= 4 is 39.7 Å². The lowest BCUT2D eigenvalue weighted by Gasteiger charge is -2.13. The van der Waals surface area contributed by atoms with Gasteiger partial charge in [0, 0.05) is 28.5 Å².